The van der Waals surface area contributed by atoms with Crippen molar-refractivity contribution in [2.45, 2.75) is 41.5 Å². The maximum atomic E-state index is 13.0. The first-order chi connectivity index (χ1) is 18.5. The minimum Gasteiger partial charge on any atom is -0.478 e. The van der Waals surface area contributed by atoms with E-state index in [-0.39, 0.29) is 16.9 Å². The number of hydrogen-bond donors (Lipinski definition) is 4. The molecule has 0 spiro atoms. The molecule has 0 saturated carbocycles. The van der Waals surface area contributed by atoms with Gasteiger partial charge in [-0.05, 0) is 61.1 Å². The van der Waals surface area contributed by atoms with Crippen molar-refractivity contribution < 1.29 is 24.1 Å². The number of nitrogens with one attached hydrogen (secondary N) is 3. The molecule has 2 aromatic carbocycles. The topological polar surface area (TPSA) is 106 Å². The van der Waals surface area contributed by atoms with Crippen LogP contribution in [0.4, 0.5) is 5.69 Å². The molecule has 0 unspecified atom stereocenters. The summed E-state index contributed by atoms with van der Waals surface area (Å²) in [6.45, 7) is 13.7. The van der Waals surface area contributed by atoms with Gasteiger partial charge in [0.05, 0.1) is 11.6 Å². The number of aromatic carboxylic acids is 1. The summed E-state index contributed by atoms with van der Waals surface area (Å²) in [6.07, 6.45) is 0. The fourth-order valence-electron chi connectivity index (χ4n) is 4.57. The van der Waals surface area contributed by atoms with Gasteiger partial charge < -0.3 is 20.2 Å². The standard InChI is InChI=1S/C32H37N3O4/c1-8-34-26-16-28-25(13-19(26)4)29(23-12-10-21(33-7)15-27(23)39-28)22-11-9-20(14-24(22)31(37)38)30(36)35-17-32(5,6)18(2)3/h9-16,18,33H,8,17H2,1-7H3,(H,35,36)(H,37,38)/p+1. The lowest BCUT2D eigenvalue weighted by Crippen LogP contribution is -2.76. The molecule has 7 nitrogen and oxygen atoms in total. The quantitative estimate of drug-likeness (QED) is 0.249. The highest BCUT2D eigenvalue weighted by atomic mass is 16.4. The number of rotatable bonds is 8. The van der Waals surface area contributed by atoms with Crippen molar-refractivity contribution in [2.24, 2.45) is 11.3 Å². The molecule has 0 saturated heterocycles. The van der Waals surface area contributed by atoms with Gasteiger partial charge >= 0.3 is 5.97 Å². The molecule has 4 N–H and O–H groups in total. The minimum atomic E-state index is -1.10. The summed E-state index contributed by atoms with van der Waals surface area (Å²) in [5.74, 6) is -0.376. The lowest BCUT2D eigenvalue weighted by Gasteiger charge is -2.29. The Labute approximate surface area is 229 Å². The molecule has 2 aromatic rings. The first kappa shape index (κ1) is 27.9. The Morgan fingerprint density at radius 1 is 1.05 bits per heavy atom. The first-order valence-electron chi connectivity index (χ1n) is 13.4. The van der Waals surface area contributed by atoms with Crippen LogP contribution in [-0.4, -0.2) is 37.1 Å². The number of carbonyl (C=O) groups excluding carboxylic acids is 1. The maximum absolute atomic E-state index is 13.0. The second-order valence-electron chi connectivity index (χ2n) is 11.0. The molecule has 0 bridgehead atoms. The van der Waals surface area contributed by atoms with E-state index in [1.807, 2.05) is 51.2 Å². The third-order valence-electron chi connectivity index (χ3n) is 7.77. The number of hydrogen-bond acceptors (Lipinski definition) is 4. The number of amides is 1. The van der Waals surface area contributed by atoms with Crippen molar-refractivity contribution >= 4 is 28.5 Å². The average molecular weight is 529 g/mol. The van der Waals surface area contributed by atoms with E-state index < -0.39 is 5.97 Å². The van der Waals surface area contributed by atoms with E-state index in [1.165, 1.54) is 6.07 Å². The summed E-state index contributed by atoms with van der Waals surface area (Å²) in [5.41, 5.74) is 4.90. The van der Waals surface area contributed by atoms with Crippen LogP contribution in [-0.2, 0) is 0 Å². The largest absolute Gasteiger partial charge is 0.478 e. The summed E-state index contributed by atoms with van der Waals surface area (Å²) < 4.78 is 6.35. The molecule has 0 radical (unpaired) electrons. The zero-order valence-corrected chi connectivity index (χ0v) is 23.8. The van der Waals surface area contributed by atoms with Crippen molar-refractivity contribution in [2.75, 3.05) is 25.5 Å². The molecule has 0 atom stereocenters. The molecule has 1 heterocycles. The Morgan fingerprint density at radius 3 is 2.44 bits per heavy atom. The van der Waals surface area contributed by atoms with Crippen LogP contribution < -0.4 is 21.0 Å². The SMILES string of the molecule is CC[NH+]=c1cc2oc3cc(NC)ccc3c(-c3ccc(C(=O)NCC(C)(C)C(C)C)cc3C(=O)O)c-2cc1C. The van der Waals surface area contributed by atoms with Crippen LogP contribution in [0.5, 0.6) is 0 Å². The fourth-order valence-corrected chi connectivity index (χ4v) is 4.57. The molecule has 2 aliphatic rings. The van der Waals surface area contributed by atoms with Gasteiger partial charge in [0, 0.05) is 53.0 Å². The molecular formula is C32H38N3O4+. The van der Waals surface area contributed by atoms with Gasteiger partial charge in [-0.3, -0.25) is 4.79 Å². The second-order valence-corrected chi connectivity index (χ2v) is 11.0. The van der Waals surface area contributed by atoms with E-state index >= 15 is 0 Å². The van der Waals surface area contributed by atoms with E-state index in [2.05, 4.69) is 43.3 Å². The van der Waals surface area contributed by atoms with Gasteiger partial charge in [-0.25, -0.2) is 9.79 Å². The number of carbonyl (C=O) groups is 2. The molecule has 204 valence electrons. The Morgan fingerprint density at radius 2 is 1.79 bits per heavy atom. The van der Waals surface area contributed by atoms with Crippen LogP contribution >= 0.6 is 0 Å². The molecule has 0 fully saturated rings. The summed E-state index contributed by atoms with van der Waals surface area (Å²) >= 11 is 0. The Bertz CT molecular complexity index is 1600. The van der Waals surface area contributed by atoms with Gasteiger partial charge in [0.1, 0.15) is 17.9 Å². The first-order valence-corrected chi connectivity index (χ1v) is 13.4. The normalized spacial score (nSPS) is 12.4. The Hall–Kier alpha value is -4.13. The average Bonchev–Trinajstić information content (AvgIpc) is 2.90. The van der Waals surface area contributed by atoms with Gasteiger partial charge in [-0.2, -0.15) is 0 Å². The molecule has 39 heavy (non-hydrogen) atoms. The van der Waals surface area contributed by atoms with Crippen LogP contribution in [0.25, 0.3) is 33.4 Å². The lowest BCUT2D eigenvalue weighted by molar-refractivity contribution is -0.496. The van der Waals surface area contributed by atoms with E-state index in [0.717, 1.165) is 39.7 Å². The smallest absolute Gasteiger partial charge is 0.336 e. The lowest BCUT2D eigenvalue weighted by atomic mass is 9.81. The molecule has 1 aliphatic heterocycles. The summed E-state index contributed by atoms with van der Waals surface area (Å²) in [4.78, 5) is 29.0. The molecule has 0 aromatic heterocycles. The third kappa shape index (κ3) is 5.53. The molecule has 4 rings (SSSR count). The molecular weight excluding hydrogens is 490 g/mol. The summed E-state index contributed by atoms with van der Waals surface area (Å²) in [7, 11) is 1.84. The van der Waals surface area contributed by atoms with Crippen LogP contribution in [0.2, 0.25) is 0 Å². The molecule has 7 heteroatoms. The second kappa shape index (κ2) is 10.9. The van der Waals surface area contributed by atoms with Crippen LogP contribution in [0.15, 0.2) is 52.9 Å². The third-order valence-corrected chi connectivity index (χ3v) is 7.77. The zero-order valence-electron chi connectivity index (χ0n) is 23.8. The number of carboxylic acids is 1. The number of aryl methyl sites for hydroxylation is 1. The van der Waals surface area contributed by atoms with E-state index in [0.29, 0.717) is 34.9 Å². The number of fused-ring (bicyclic) bond motifs is 2. The highest BCUT2D eigenvalue weighted by Crippen LogP contribution is 2.42. The van der Waals surface area contributed by atoms with Gasteiger partial charge in [-0.15, -0.1) is 0 Å². The predicted molar refractivity (Wildman–Crippen MR) is 155 cm³/mol. The van der Waals surface area contributed by atoms with Crippen LogP contribution in [0.3, 0.4) is 0 Å². The fraction of sp³-hybridized carbons (Fsp3) is 0.344. The van der Waals surface area contributed by atoms with Crippen LogP contribution in [0.1, 0.15) is 60.9 Å². The Kier molecular flexibility index (Phi) is 7.82. The number of carboxylic acid groups (broad SMARTS) is 1. The highest BCUT2D eigenvalue weighted by Gasteiger charge is 2.26. The minimum absolute atomic E-state index is 0.0608. The van der Waals surface area contributed by atoms with Crippen molar-refractivity contribution in [3.05, 3.63) is 70.6 Å². The van der Waals surface area contributed by atoms with Gasteiger partial charge in [0.2, 0.25) is 5.36 Å². The number of anilines is 1. The maximum Gasteiger partial charge on any atom is 0.336 e. The van der Waals surface area contributed by atoms with Gasteiger partial charge in [0.25, 0.3) is 5.91 Å². The van der Waals surface area contributed by atoms with E-state index in [4.69, 9.17) is 4.42 Å². The number of benzene rings is 3. The zero-order chi connectivity index (χ0) is 28.5. The monoisotopic (exact) mass is 528 g/mol. The van der Waals surface area contributed by atoms with Gasteiger partial charge in [0.15, 0.2) is 0 Å². The Balaban J connectivity index is 1.94. The van der Waals surface area contributed by atoms with Crippen molar-refractivity contribution in [3.8, 4) is 22.5 Å². The molecule has 1 aliphatic carbocycles. The predicted octanol–water partition coefficient (Wildman–Crippen LogP) is 4.67. The van der Waals surface area contributed by atoms with Crippen LogP contribution in [0, 0.1) is 18.3 Å². The van der Waals surface area contributed by atoms with Gasteiger partial charge in [-0.1, -0.05) is 33.8 Å². The van der Waals surface area contributed by atoms with E-state index in [1.54, 1.807) is 12.1 Å². The highest BCUT2D eigenvalue weighted by molar-refractivity contribution is 6.09. The summed E-state index contributed by atoms with van der Waals surface area (Å²) in [5, 5.41) is 18.1. The molecule has 1 amide bonds. The summed E-state index contributed by atoms with van der Waals surface area (Å²) in [6, 6.07) is 14.7. The van der Waals surface area contributed by atoms with Crippen molar-refractivity contribution in [3.63, 3.8) is 0 Å². The van der Waals surface area contributed by atoms with Crippen molar-refractivity contribution in [1.29, 1.82) is 0 Å². The van der Waals surface area contributed by atoms with Crippen molar-refractivity contribution in [1.82, 2.24) is 5.32 Å². The van der Waals surface area contributed by atoms with E-state index in [9.17, 15) is 14.7 Å².